The number of esters is 1. The first-order chi connectivity index (χ1) is 11.2. The lowest BCUT2D eigenvalue weighted by molar-refractivity contribution is -0.138. The number of likely N-dealkylation sites (N-methyl/N-ethyl adjacent to an activating group) is 1. The van der Waals surface area contributed by atoms with Crippen LogP contribution in [0.25, 0.3) is 0 Å². The Morgan fingerprint density at radius 3 is 2.46 bits per heavy atom. The minimum atomic E-state index is -1.06. The van der Waals surface area contributed by atoms with Crippen molar-refractivity contribution < 1.29 is 24.2 Å². The van der Waals surface area contributed by atoms with Crippen LogP contribution in [0.1, 0.15) is 6.42 Å². The quantitative estimate of drug-likeness (QED) is 0.403. The molecule has 1 N–H and O–H groups in total. The molecule has 1 fully saturated rings. The summed E-state index contributed by atoms with van der Waals surface area (Å²) < 4.78 is 4.70. The predicted octanol–water partition coefficient (Wildman–Crippen LogP) is 0.939. The third-order valence-corrected chi connectivity index (χ3v) is 3.26. The first-order valence-corrected chi connectivity index (χ1v) is 7.49. The van der Waals surface area contributed by atoms with Gasteiger partial charge in [0.15, 0.2) is 0 Å². The molecule has 0 aromatic rings. The van der Waals surface area contributed by atoms with Gasteiger partial charge < -0.3 is 19.6 Å². The van der Waals surface area contributed by atoms with Gasteiger partial charge in [-0.3, -0.25) is 4.79 Å². The maximum Gasteiger partial charge on any atom is 0.332 e. The summed E-state index contributed by atoms with van der Waals surface area (Å²) in [6, 6.07) is 0. The van der Waals surface area contributed by atoms with Crippen LogP contribution in [0.15, 0.2) is 37.5 Å². The highest BCUT2D eigenvalue weighted by Gasteiger charge is 2.29. The van der Waals surface area contributed by atoms with E-state index in [9.17, 15) is 14.4 Å². The van der Waals surface area contributed by atoms with Crippen LogP contribution >= 0.6 is 0 Å². The molecule has 0 spiro atoms. The third-order valence-electron chi connectivity index (χ3n) is 3.26. The molecule has 0 aromatic heterocycles. The Bertz CT molecular complexity index is 499. The van der Waals surface area contributed by atoms with E-state index in [1.165, 1.54) is 4.90 Å². The van der Waals surface area contributed by atoms with Gasteiger partial charge in [0.25, 0.3) is 0 Å². The summed E-state index contributed by atoms with van der Waals surface area (Å²) in [6.07, 6.45) is 3.48. The van der Waals surface area contributed by atoms with Crippen LogP contribution in [0, 0.1) is 5.92 Å². The fourth-order valence-electron chi connectivity index (χ4n) is 1.82. The summed E-state index contributed by atoms with van der Waals surface area (Å²) in [5.74, 6) is -1.62. The number of likely N-dealkylation sites (tertiary alicyclic amines) is 1. The molecule has 1 rings (SSSR count). The van der Waals surface area contributed by atoms with Gasteiger partial charge in [0.1, 0.15) is 6.61 Å². The molecule has 0 bridgehead atoms. The van der Waals surface area contributed by atoms with Crippen LogP contribution < -0.4 is 0 Å². The minimum absolute atomic E-state index is 0.0445. The molecule has 7 nitrogen and oxygen atoms in total. The van der Waals surface area contributed by atoms with E-state index in [2.05, 4.69) is 19.7 Å². The number of ether oxygens (including phenoxy) is 1. The Balaban J connectivity index is 0.000000470. The van der Waals surface area contributed by atoms with E-state index in [0.29, 0.717) is 13.2 Å². The van der Waals surface area contributed by atoms with Gasteiger partial charge in [0.05, 0.1) is 12.5 Å². The normalized spacial score (nSPS) is 16.2. The number of hydrogen-bond acceptors (Lipinski definition) is 5. The minimum Gasteiger partial charge on any atom is -0.478 e. The van der Waals surface area contributed by atoms with E-state index in [-0.39, 0.29) is 29.9 Å². The summed E-state index contributed by atoms with van der Waals surface area (Å²) in [5, 5.41) is 8.59. The summed E-state index contributed by atoms with van der Waals surface area (Å²) in [4.78, 5) is 35.9. The number of carbonyl (C=O) groups is 3. The molecule has 1 atom stereocenters. The van der Waals surface area contributed by atoms with E-state index in [1.54, 1.807) is 6.08 Å². The number of hydrogen-bond donors (Lipinski definition) is 1. The van der Waals surface area contributed by atoms with Gasteiger partial charge in [0.2, 0.25) is 5.91 Å². The molecule has 24 heavy (non-hydrogen) atoms. The number of rotatable bonds is 8. The predicted molar refractivity (Wildman–Crippen MR) is 91.4 cm³/mol. The zero-order valence-electron chi connectivity index (χ0n) is 14.4. The maximum absolute atomic E-state index is 11.5. The van der Waals surface area contributed by atoms with E-state index in [4.69, 9.17) is 9.84 Å². The number of carbonyl (C=O) groups excluding carboxylic acids is 2. The number of amides is 1. The number of nitrogens with zero attached hydrogens (tertiary/aromatic N) is 2. The van der Waals surface area contributed by atoms with Gasteiger partial charge in [0, 0.05) is 24.7 Å². The van der Waals surface area contributed by atoms with Crippen LogP contribution in [0.3, 0.4) is 0 Å². The van der Waals surface area contributed by atoms with Gasteiger partial charge in [-0.1, -0.05) is 19.2 Å². The van der Waals surface area contributed by atoms with Gasteiger partial charge in [-0.05, 0) is 20.5 Å². The first kappa shape index (κ1) is 21.6. The van der Waals surface area contributed by atoms with Gasteiger partial charge in [-0.2, -0.15) is 0 Å². The Hall–Kier alpha value is -2.41. The van der Waals surface area contributed by atoms with Crippen molar-refractivity contribution in [3.05, 3.63) is 37.5 Å². The topological polar surface area (TPSA) is 87.2 Å². The molecule has 1 saturated heterocycles. The van der Waals surface area contributed by atoms with Gasteiger partial charge in [-0.25, -0.2) is 9.59 Å². The average molecular weight is 338 g/mol. The zero-order chi connectivity index (χ0) is 18.7. The van der Waals surface area contributed by atoms with E-state index in [1.807, 2.05) is 19.0 Å². The molecule has 7 heteroatoms. The molecule has 1 aliphatic heterocycles. The number of carboxylic acids is 1. The van der Waals surface area contributed by atoms with Crippen molar-refractivity contribution in [1.29, 1.82) is 0 Å². The molecule has 0 aromatic carbocycles. The highest BCUT2D eigenvalue weighted by molar-refractivity contribution is 5.88. The fraction of sp³-hybridized carbons (Fsp3) is 0.471. The lowest BCUT2D eigenvalue weighted by Crippen LogP contribution is -2.30. The first-order valence-electron chi connectivity index (χ1n) is 7.49. The number of carboxylic acid groups (broad SMARTS) is 1. The zero-order valence-corrected chi connectivity index (χ0v) is 14.4. The smallest absolute Gasteiger partial charge is 0.332 e. The lowest BCUT2D eigenvalue weighted by Gasteiger charge is -2.15. The van der Waals surface area contributed by atoms with Crippen molar-refractivity contribution in [3.63, 3.8) is 0 Å². The van der Waals surface area contributed by atoms with Gasteiger partial charge >= 0.3 is 11.9 Å². The molecule has 1 amide bonds. The molecule has 0 radical (unpaired) electrons. The summed E-state index contributed by atoms with van der Waals surface area (Å²) in [6.45, 7) is 12.1. The van der Waals surface area contributed by atoms with E-state index >= 15 is 0 Å². The molecular weight excluding hydrogens is 312 g/mol. The molecule has 1 unspecified atom stereocenters. The summed E-state index contributed by atoms with van der Waals surface area (Å²) in [5.41, 5.74) is 0.0445. The van der Waals surface area contributed by atoms with Crippen LogP contribution in [0.4, 0.5) is 0 Å². The van der Waals surface area contributed by atoms with Crippen molar-refractivity contribution in [2.45, 2.75) is 6.42 Å². The fourth-order valence-corrected chi connectivity index (χ4v) is 1.82. The SMILES string of the molecule is C=CC(=O)OCCN(C)C.C=CC1CCN(CC(=C)C(=O)O)C1=O. The highest BCUT2D eigenvalue weighted by atomic mass is 16.5. The van der Waals surface area contributed by atoms with Crippen LogP contribution in [0.2, 0.25) is 0 Å². The second-order valence-corrected chi connectivity index (χ2v) is 5.47. The molecule has 0 aliphatic carbocycles. The van der Waals surface area contributed by atoms with Crippen LogP contribution in [0.5, 0.6) is 0 Å². The second-order valence-electron chi connectivity index (χ2n) is 5.47. The summed E-state index contributed by atoms with van der Waals surface area (Å²) >= 11 is 0. The maximum atomic E-state index is 11.5. The van der Waals surface area contributed by atoms with E-state index in [0.717, 1.165) is 19.0 Å². The Kier molecular flexibility index (Phi) is 10.1. The molecule has 0 saturated carbocycles. The van der Waals surface area contributed by atoms with Crippen molar-refractivity contribution >= 4 is 17.8 Å². The van der Waals surface area contributed by atoms with E-state index < -0.39 is 5.97 Å². The monoisotopic (exact) mass is 338 g/mol. The van der Waals surface area contributed by atoms with Crippen LogP contribution in [-0.2, 0) is 19.1 Å². The van der Waals surface area contributed by atoms with Crippen molar-refractivity contribution in [2.24, 2.45) is 5.92 Å². The Labute approximate surface area is 142 Å². The number of aliphatic carboxylic acids is 1. The van der Waals surface area contributed by atoms with Crippen molar-refractivity contribution in [2.75, 3.05) is 40.3 Å². The molecule has 1 heterocycles. The molecule has 1 aliphatic rings. The summed E-state index contributed by atoms with van der Waals surface area (Å²) in [7, 11) is 3.84. The van der Waals surface area contributed by atoms with Gasteiger partial charge in [-0.15, -0.1) is 6.58 Å². The molecule has 134 valence electrons. The Morgan fingerprint density at radius 1 is 1.42 bits per heavy atom. The van der Waals surface area contributed by atoms with Crippen molar-refractivity contribution in [3.8, 4) is 0 Å². The highest BCUT2D eigenvalue weighted by Crippen LogP contribution is 2.19. The third kappa shape index (κ3) is 8.28. The largest absolute Gasteiger partial charge is 0.478 e. The second kappa shape index (κ2) is 11.2. The Morgan fingerprint density at radius 2 is 2.04 bits per heavy atom. The van der Waals surface area contributed by atoms with Crippen LogP contribution in [-0.4, -0.2) is 73.1 Å². The van der Waals surface area contributed by atoms with Crippen molar-refractivity contribution in [1.82, 2.24) is 9.80 Å². The standard InChI is InChI=1S/C10H13NO3.C7H13NO2/c1-3-8-4-5-11(9(8)12)6-7(2)10(13)14;1-4-7(9)10-6-5-8(2)3/h3,8H,1-2,4-6H2,(H,13,14);4H,1,5-6H2,2-3H3. The lowest BCUT2D eigenvalue weighted by atomic mass is 10.1. The average Bonchev–Trinajstić information content (AvgIpc) is 2.87. The molecular formula is C17H26N2O5.